The van der Waals surface area contributed by atoms with Gasteiger partial charge in [0.2, 0.25) is 0 Å². The highest BCUT2D eigenvalue weighted by molar-refractivity contribution is 5.93. The number of ether oxygens (including phenoxy) is 1. The standard InChI is InChI=1S/C16H15N3O2/c1-11-7-8-18-15(9-11)19-16(20)12(2)21-14-6-4-3-5-13(14)10-17/h3-9,12H,1-2H3,(H,18,19,20). The van der Waals surface area contributed by atoms with Gasteiger partial charge in [0.15, 0.2) is 6.10 Å². The van der Waals surface area contributed by atoms with E-state index < -0.39 is 6.10 Å². The van der Waals surface area contributed by atoms with Gasteiger partial charge in [-0.1, -0.05) is 12.1 Å². The van der Waals surface area contributed by atoms with Gasteiger partial charge in [0.1, 0.15) is 17.6 Å². The van der Waals surface area contributed by atoms with Crippen LogP contribution in [0, 0.1) is 18.3 Å². The topological polar surface area (TPSA) is 75.0 Å². The van der Waals surface area contributed by atoms with E-state index in [4.69, 9.17) is 10.00 Å². The second kappa shape index (κ2) is 6.53. The molecule has 106 valence electrons. The number of nitrogens with one attached hydrogen (secondary N) is 1. The minimum Gasteiger partial charge on any atom is -0.480 e. The lowest BCUT2D eigenvalue weighted by molar-refractivity contribution is -0.122. The molecule has 0 spiro atoms. The van der Waals surface area contributed by atoms with Crippen LogP contribution in [0.4, 0.5) is 5.82 Å². The zero-order valence-electron chi connectivity index (χ0n) is 11.8. The van der Waals surface area contributed by atoms with Gasteiger partial charge in [-0.3, -0.25) is 4.79 Å². The molecule has 1 unspecified atom stereocenters. The first-order valence-corrected chi connectivity index (χ1v) is 6.49. The molecule has 0 aliphatic carbocycles. The molecule has 1 aromatic carbocycles. The van der Waals surface area contributed by atoms with E-state index in [1.54, 1.807) is 43.5 Å². The van der Waals surface area contributed by atoms with E-state index in [1.165, 1.54) is 0 Å². The number of carbonyl (C=O) groups excluding carboxylic acids is 1. The molecule has 0 saturated carbocycles. The molecule has 0 saturated heterocycles. The number of nitrogens with zero attached hydrogens (tertiary/aromatic N) is 2. The van der Waals surface area contributed by atoms with Crippen molar-refractivity contribution in [3.8, 4) is 11.8 Å². The van der Waals surface area contributed by atoms with Crippen LogP contribution >= 0.6 is 0 Å². The van der Waals surface area contributed by atoms with Gasteiger partial charge >= 0.3 is 0 Å². The molecule has 0 radical (unpaired) electrons. The van der Waals surface area contributed by atoms with Gasteiger partial charge in [0.05, 0.1) is 5.56 Å². The smallest absolute Gasteiger partial charge is 0.266 e. The van der Waals surface area contributed by atoms with Gasteiger partial charge < -0.3 is 10.1 Å². The van der Waals surface area contributed by atoms with E-state index in [2.05, 4.69) is 10.3 Å². The Morgan fingerprint density at radius 3 is 2.86 bits per heavy atom. The summed E-state index contributed by atoms with van der Waals surface area (Å²) in [5.74, 6) is 0.546. The summed E-state index contributed by atoms with van der Waals surface area (Å²) in [6, 6.07) is 12.4. The summed E-state index contributed by atoms with van der Waals surface area (Å²) in [6.45, 7) is 3.54. The van der Waals surface area contributed by atoms with Gasteiger partial charge in [-0.15, -0.1) is 0 Å². The van der Waals surface area contributed by atoms with Gasteiger partial charge in [0, 0.05) is 6.20 Å². The molecule has 0 aliphatic rings. The Morgan fingerprint density at radius 1 is 1.38 bits per heavy atom. The summed E-state index contributed by atoms with van der Waals surface area (Å²) in [5.41, 5.74) is 1.40. The lowest BCUT2D eigenvalue weighted by atomic mass is 10.2. The molecule has 2 aromatic rings. The molecule has 1 amide bonds. The molecule has 0 fully saturated rings. The third-order valence-corrected chi connectivity index (χ3v) is 2.85. The number of hydrogen-bond acceptors (Lipinski definition) is 4. The molecule has 1 heterocycles. The molecule has 5 nitrogen and oxygen atoms in total. The van der Waals surface area contributed by atoms with Crippen molar-refractivity contribution in [2.75, 3.05) is 5.32 Å². The maximum Gasteiger partial charge on any atom is 0.266 e. The highest BCUT2D eigenvalue weighted by Crippen LogP contribution is 2.18. The lowest BCUT2D eigenvalue weighted by Gasteiger charge is -2.15. The quantitative estimate of drug-likeness (QED) is 0.934. The molecular formula is C16H15N3O2. The molecule has 5 heteroatoms. The van der Waals surface area contributed by atoms with Gasteiger partial charge in [-0.25, -0.2) is 4.98 Å². The normalized spacial score (nSPS) is 11.3. The summed E-state index contributed by atoms with van der Waals surface area (Å²) in [7, 11) is 0. The van der Waals surface area contributed by atoms with Crippen LogP contribution < -0.4 is 10.1 Å². The molecule has 1 atom stereocenters. The summed E-state index contributed by atoms with van der Waals surface area (Å²) in [4.78, 5) is 16.1. The van der Waals surface area contributed by atoms with Crippen LogP contribution in [0.5, 0.6) is 5.75 Å². The minimum atomic E-state index is -0.734. The Kier molecular flexibility index (Phi) is 4.52. The summed E-state index contributed by atoms with van der Waals surface area (Å²) >= 11 is 0. The first-order valence-electron chi connectivity index (χ1n) is 6.49. The number of benzene rings is 1. The van der Waals surface area contributed by atoms with Crippen molar-refractivity contribution >= 4 is 11.7 Å². The minimum absolute atomic E-state index is 0.319. The van der Waals surface area contributed by atoms with E-state index in [1.807, 2.05) is 19.1 Å². The fraction of sp³-hybridized carbons (Fsp3) is 0.188. The van der Waals surface area contributed by atoms with Crippen LogP contribution in [0.1, 0.15) is 18.1 Å². The van der Waals surface area contributed by atoms with E-state index >= 15 is 0 Å². The zero-order chi connectivity index (χ0) is 15.2. The third-order valence-electron chi connectivity index (χ3n) is 2.85. The number of para-hydroxylation sites is 1. The molecule has 21 heavy (non-hydrogen) atoms. The summed E-state index contributed by atoms with van der Waals surface area (Å²) in [6.07, 6.45) is 0.892. The summed E-state index contributed by atoms with van der Waals surface area (Å²) in [5, 5.41) is 11.7. The van der Waals surface area contributed by atoms with Crippen LogP contribution in [-0.2, 0) is 4.79 Å². The van der Waals surface area contributed by atoms with E-state index in [9.17, 15) is 4.79 Å². The zero-order valence-corrected chi connectivity index (χ0v) is 11.8. The van der Waals surface area contributed by atoms with Crippen LogP contribution in [-0.4, -0.2) is 17.0 Å². The van der Waals surface area contributed by atoms with E-state index in [-0.39, 0.29) is 5.91 Å². The molecule has 0 aliphatic heterocycles. The molecule has 0 bridgehead atoms. The number of amides is 1. The molecule has 1 N–H and O–H groups in total. The Bertz CT molecular complexity index is 692. The maximum absolute atomic E-state index is 12.1. The molecule has 2 rings (SSSR count). The van der Waals surface area contributed by atoms with Crippen molar-refractivity contribution in [2.24, 2.45) is 0 Å². The Balaban J connectivity index is 2.05. The third kappa shape index (κ3) is 3.80. The van der Waals surface area contributed by atoms with Crippen molar-refractivity contribution in [2.45, 2.75) is 20.0 Å². The van der Waals surface area contributed by atoms with Crippen molar-refractivity contribution in [1.82, 2.24) is 4.98 Å². The lowest BCUT2D eigenvalue weighted by Crippen LogP contribution is -2.30. The second-order valence-electron chi connectivity index (χ2n) is 4.58. The van der Waals surface area contributed by atoms with Gasteiger partial charge in [0.25, 0.3) is 5.91 Å². The maximum atomic E-state index is 12.1. The SMILES string of the molecule is Cc1ccnc(NC(=O)C(C)Oc2ccccc2C#N)c1. The first-order chi connectivity index (χ1) is 10.1. The van der Waals surface area contributed by atoms with E-state index in [0.717, 1.165) is 5.56 Å². The molecule has 1 aromatic heterocycles. The van der Waals surface area contributed by atoms with Crippen LogP contribution in [0.15, 0.2) is 42.6 Å². The fourth-order valence-electron chi connectivity index (χ4n) is 1.74. The number of carbonyl (C=O) groups is 1. The Hall–Kier alpha value is -2.87. The van der Waals surface area contributed by atoms with Crippen LogP contribution in [0.25, 0.3) is 0 Å². The van der Waals surface area contributed by atoms with Crippen molar-refractivity contribution in [3.63, 3.8) is 0 Å². The number of nitriles is 1. The van der Waals surface area contributed by atoms with Crippen molar-refractivity contribution in [3.05, 3.63) is 53.7 Å². The summed E-state index contributed by atoms with van der Waals surface area (Å²) < 4.78 is 5.54. The molecular weight excluding hydrogens is 266 g/mol. The van der Waals surface area contributed by atoms with Gasteiger partial charge in [-0.2, -0.15) is 5.26 Å². The number of anilines is 1. The number of hydrogen-bond donors (Lipinski definition) is 1. The van der Waals surface area contributed by atoms with E-state index in [0.29, 0.717) is 17.1 Å². The number of pyridine rings is 1. The monoisotopic (exact) mass is 281 g/mol. The Labute approximate surface area is 123 Å². The number of rotatable bonds is 4. The average molecular weight is 281 g/mol. The van der Waals surface area contributed by atoms with Crippen molar-refractivity contribution < 1.29 is 9.53 Å². The predicted molar refractivity (Wildman–Crippen MR) is 78.9 cm³/mol. The number of aryl methyl sites for hydroxylation is 1. The van der Waals surface area contributed by atoms with Crippen molar-refractivity contribution in [1.29, 1.82) is 5.26 Å². The first kappa shape index (κ1) is 14.5. The highest BCUT2D eigenvalue weighted by atomic mass is 16.5. The van der Waals surface area contributed by atoms with Gasteiger partial charge in [-0.05, 0) is 43.7 Å². The average Bonchev–Trinajstić information content (AvgIpc) is 2.47. The largest absolute Gasteiger partial charge is 0.480 e. The predicted octanol–water partition coefficient (Wildman–Crippen LogP) is 2.67. The highest BCUT2D eigenvalue weighted by Gasteiger charge is 2.16. The number of aromatic nitrogens is 1. The van der Waals surface area contributed by atoms with Crippen LogP contribution in [0.2, 0.25) is 0 Å². The van der Waals surface area contributed by atoms with Crippen LogP contribution in [0.3, 0.4) is 0 Å². The second-order valence-corrected chi connectivity index (χ2v) is 4.58. The fourth-order valence-corrected chi connectivity index (χ4v) is 1.74. The Morgan fingerprint density at radius 2 is 2.14 bits per heavy atom.